The molecule has 0 bridgehead atoms. The maximum atomic E-state index is 13.3. The molecule has 3 aromatic rings. The number of rotatable bonds is 7. The molecule has 0 heterocycles. The van der Waals surface area contributed by atoms with Gasteiger partial charge in [-0.2, -0.15) is 0 Å². The molecular formula is C23H22N2O4. The van der Waals surface area contributed by atoms with Crippen molar-refractivity contribution in [1.29, 1.82) is 0 Å². The quantitative estimate of drug-likeness (QED) is 0.648. The zero-order valence-electron chi connectivity index (χ0n) is 16.0. The monoisotopic (exact) mass is 390 g/mol. The average Bonchev–Trinajstić information content (AvgIpc) is 2.74. The van der Waals surface area contributed by atoms with E-state index in [1.54, 1.807) is 43.5 Å². The highest BCUT2D eigenvalue weighted by Crippen LogP contribution is 2.26. The van der Waals surface area contributed by atoms with Gasteiger partial charge in [0.1, 0.15) is 17.5 Å². The van der Waals surface area contributed by atoms with E-state index in [9.17, 15) is 14.7 Å². The number of hydrogen-bond acceptors (Lipinski definition) is 4. The first kappa shape index (κ1) is 19.9. The Morgan fingerprint density at radius 3 is 2.31 bits per heavy atom. The van der Waals surface area contributed by atoms with Crippen molar-refractivity contribution in [2.24, 2.45) is 5.73 Å². The maximum Gasteiger partial charge on any atom is 0.255 e. The van der Waals surface area contributed by atoms with Gasteiger partial charge in [0.15, 0.2) is 0 Å². The van der Waals surface area contributed by atoms with Gasteiger partial charge in [0.25, 0.3) is 5.91 Å². The zero-order chi connectivity index (χ0) is 20.8. The standard InChI is InChI=1S/C23H22N2O4/c1-29-20-9-5-6-16(14-20)15-25(23(28)18-10-12-19(26)13-11-18)21(22(24)27)17-7-3-2-4-8-17/h2-14,21,26H,15H2,1H3,(H2,24,27). The number of carbonyl (C=O) groups is 2. The van der Waals surface area contributed by atoms with E-state index in [0.29, 0.717) is 16.9 Å². The van der Waals surface area contributed by atoms with Crippen LogP contribution in [0.1, 0.15) is 27.5 Å². The fourth-order valence-electron chi connectivity index (χ4n) is 3.15. The molecule has 0 spiro atoms. The van der Waals surface area contributed by atoms with Crippen LogP contribution in [0.3, 0.4) is 0 Å². The van der Waals surface area contributed by atoms with Crippen LogP contribution in [-0.4, -0.2) is 28.9 Å². The Morgan fingerprint density at radius 1 is 1.00 bits per heavy atom. The largest absolute Gasteiger partial charge is 0.508 e. The third kappa shape index (κ3) is 4.73. The van der Waals surface area contributed by atoms with Crippen molar-refractivity contribution in [2.75, 3.05) is 7.11 Å². The molecule has 0 aliphatic carbocycles. The van der Waals surface area contributed by atoms with E-state index in [4.69, 9.17) is 10.5 Å². The van der Waals surface area contributed by atoms with Crippen molar-refractivity contribution in [3.8, 4) is 11.5 Å². The third-order valence-corrected chi connectivity index (χ3v) is 4.56. The van der Waals surface area contributed by atoms with Gasteiger partial charge in [-0.15, -0.1) is 0 Å². The van der Waals surface area contributed by atoms with Gasteiger partial charge in [-0.1, -0.05) is 42.5 Å². The summed E-state index contributed by atoms with van der Waals surface area (Å²) in [7, 11) is 1.56. The predicted octanol–water partition coefficient (Wildman–Crippen LogP) is 3.27. The molecular weight excluding hydrogens is 368 g/mol. The molecule has 6 heteroatoms. The highest BCUT2D eigenvalue weighted by atomic mass is 16.5. The summed E-state index contributed by atoms with van der Waals surface area (Å²) in [5.41, 5.74) is 7.47. The van der Waals surface area contributed by atoms with Gasteiger partial charge in [0.05, 0.1) is 7.11 Å². The summed E-state index contributed by atoms with van der Waals surface area (Å²) in [6, 6.07) is 21.1. The first-order valence-corrected chi connectivity index (χ1v) is 9.07. The van der Waals surface area contributed by atoms with Crippen molar-refractivity contribution in [2.45, 2.75) is 12.6 Å². The van der Waals surface area contributed by atoms with Crippen LogP contribution in [0.4, 0.5) is 0 Å². The van der Waals surface area contributed by atoms with Crippen LogP contribution in [0.5, 0.6) is 11.5 Å². The lowest BCUT2D eigenvalue weighted by Crippen LogP contribution is -2.41. The fraction of sp³-hybridized carbons (Fsp3) is 0.130. The number of hydrogen-bond donors (Lipinski definition) is 2. The Morgan fingerprint density at radius 2 is 1.69 bits per heavy atom. The van der Waals surface area contributed by atoms with Crippen LogP contribution in [0.2, 0.25) is 0 Å². The Bertz CT molecular complexity index is 987. The second kappa shape index (κ2) is 8.93. The molecule has 0 saturated heterocycles. The smallest absolute Gasteiger partial charge is 0.255 e. The molecule has 3 N–H and O–H groups in total. The summed E-state index contributed by atoms with van der Waals surface area (Å²) in [4.78, 5) is 27.2. The third-order valence-electron chi connectivity index (χ3n) is 4.56. The predicted molar refractivity (Wildman–Crippen MR) is 109 cm³/mol. The van der Waals surface area contributed by atoms with Crippen LogP contribution >= 0.6 is 0 Å². The molecule has 3 rings (SSSR count). The van der Waals surface area contributed by atoms with Crippen molar-refractivity contribution in [3.05, 3.63) is 95.6 Å². The highest BCUT2D eigenvalue weighted by molar-refractivity contribution is 5.97. The van der Waals surface area contributed by atoms with Crippen LogP contribution in [-0.2, 0) is 11.3 Å². The summed E-state index contributed by atoms with van der Waals surface area (Å²) in [6.45, 7) is 0.152. The van der Waals surface area contributed by atoms with Gasteiger partial charge in [0.2, 0.25) is 5.91 Å². The number of methoxy groups -OCH3 is 1. The normalized spacial score (nSPS) is 11.5. The van der Waals surface area contributed by atoms with Crippen LogP contribution in [0.15, 0.2) is 78.9 Å². The van der Waals surface area contributed by atoms with E-state index in [1.165, 1.54) is 29.2 Å². The van der Waals surface area contributed by atoms with E-state index in [0.717, 1.165) is 5.56 Å². The van der Waals surface area contributed by atoms with E-state index in [-0.39, 0.29) is 18.2 Å². The van der Waals surface area contributed by atoms with Crippen molar-refractivity contribution in [3.63, 3.8) is 0 Å². The summed E-state index contributed by atoms with van der Waals surface area (Å²) in [6.07, 6.45) is 0. The minimum absolute atomic E-state index is 0.0513. The number of phenolic OH excluding ortho intramolecular Hbond substituents is 1. The van der Waals surface area contributed by atoms with E-state index >= 15 is 0 Å². The lowest BCUT2D eigenvalue weighted by Gasteiger charge is -2.30. The first-order chi connectivity index (χ1) is 14.0. The number of nitrogens with two attached hydrogens (primary N) is 1. The lowest BCUT2D eigenvalue weighted by atomic mass is 10.0. The number of nitrogens with zero attached hydrogens (tertiary/aromatic N) is 1. The summed E-state index contributed by atoms with van der Waals surface area (Å²) < 4.78 is 5.26. The molecule has 0 aliphatic heterocycles. The van der Waals surface area contributed by atoms with Crippen LogP contribution in [0, 0.1) is 0 Å². The zero-order valence-corrected chi connectivity index (χ0v) is 16.0. The van der Waals surface area contributed by atoms with Gasteiger partial charge in [0, 0.05) is 12.1 Å². The topological polar surface area (TPSA) is 92.9 Å². The molecule has 148 valence electrons. The number of amides is 2. The summed E-state index contributed by atoms with van der Waals surface area (Å²) >= 11 is 0. The molecule has 1 atom stereocenters. The van der Waals surface area contributed by atoms with Gasteiger partial charge >= 0.3 is 0 Å². The highest BCUT2D eigenvalue weighted by Gasteiger charge is 2.30. The SMILES string of the molecule is COc1cccc(CN(C(=O)c2ccc(O)cc2)C(C(N)=O)c2ccccc2)c1. The van der Waals surface area contributed by atoms with E-state index in [2.05, 4.69) is 0 Å². The number of aromatic hydroxyl groups is 1. The number of ether oxygens (including phenoxy) is 1. The van der Waals surface area contributed by atoms with Gasteiger partial charge in [-0.05, 0) is 47.5 Å². The molecule has 3 aromatic carbocycles. The Hall–Kier alpha value is -3.80. The molecule has 0 aromatic heterocycles. The summed E-state index contributed by atoms with van der Waals surface area (Å²) in [5, 5.41) is 9.53. The number of phenols is 1. The number of benzene rings is 3. The Kier molecular flexibility index (Phi) is 6.14. The maximum absolute atomic E-state index is 13.3. The first-order valence-electron chi connectivity index (χ1n) is 9.07. The van der Waals surface area contributed by atoms with E-state index < -0.39 is 11.9 Å². The fourth-order valence-corrected chi connectivity index (χ4v) is 3.15. The van der Waals surface area contributed by atoms with Crippen molar-refractivity contribution in [1.82, 2.24) is 4.90 Å². The average molecular weight is 390 g/mol. The minimum Gasteiger partial charge on any atom is -0.508 e. The van der Waals surface area contributed by atoms with Gasteiger partial charge in [-0.3, -0.25) is 9.59 Å². The Labute approximate surface area is 169 Å². The second-order valence-corrected chi connectivity index (χ2v) is 6.55. The van der Waals surface area contributed by atoms with Crippen LogP contribution in [0.25, 0.3) is 0 Å². The van der Waals surface area contributed by atoms with Crippen LogP contribution < -0.4 is 10.5 Å². The van der Waals surface area contributed by atoms with Gasteiger partial charge < -0.3 is 20.5 Å². The molecule has 6 nitrogen and oxygen atoms in total. The molecule has 29 heavy (non-hydrogen) atoms. The Balaban J connectivity index is 2.05. The molecule has 2 amide bonds. The van der Waals surface area contributed by atoms with Crippen molar-refractivity contribution < 1.29 is 19.4 Å². The number of carbonyl (C=O) groups excluding carboxylic acids is 2. The van der Waals surface area contributed by atoms with E-state index in [1.807, 2.05) is 18.2 Å². The molecule has 1 unspecified atom stereocenters. The molecule has 0 radical (unpaired) electrons. The van der Waals surface area contributed by atoms with Gasteiger partial charge in [-0.25, -0.2) is 0 Å². The molecule has 0 aliphatic rings. The number of primary amides is 1. The minimum atomic E-state index is -0.955. The second-order valence-electron chi connectivity index (χ2n) is 6.55. The molecule has 0 fully saturated rings. The van der Waals surface area contributed by atoms with Crippen molar-refractivity contribution >= 4 is 11.8 Å². The molecule has 0 saturated carbocycles. The summed E-state index contributed by atoms with van der Waals surface area (Å²) in [5.74, 6) is -0.308. The lowest BCUT2D eigenvalue weighted by molar-refractivity contribution is -0.122.